The molecule has 0 heterocycles. The van der Waals surface area contributed by atoms with E-state index in [9.17, 15) is 9.18 Å². The fourth-order valence-corrected chi connectivity index (χ4v) is 2.66. The smallest absolute Gasteiger partial charge is 0.238 e. The van der Waals surface area contributed by atoms with Gasteiger partial charge in [0.05, 0.1) is 18.2 Å². The highest BCUT2D eigenvalue weighted by Crippen LogP contribution is 2.17. The van der Waals surface area contributed by atoms with Crippen LogP contribution in [0.5, 0.6) is 0 Å². The third-order valence-electron chi connectivity index (χ3n) is 3.49. The van der Waals surface area contributed by atoms with Gasteiger partial charge in [0.1, 0.15) is 5.82 Å². The standard InChI is InChI=1S/C18H17BrFN3O/c1-2-23(11-14-9-15(19)6-7-17(14)20)12-18(24)22-16-5-3-4-13(8-16)10-21/h3-9H,2,11-12H2,1H3,(H,22,24). The molecule has 0 radical (unpaired) electrons. The van der Waals surface area contributed by atoms with E-state index in [2.05, 4.69) is 21.2 Å². The number of carbonyl (C=O) groups excluding carboxylic acids is 1. The lowest BCUT2D eigenvalue weighted by atomic mass is 10.2. The van der Waals surface area contributed by atoms with Gasteiger partial charge >= 0.3 is 0 Å². The summed E-state index contributed by atoms with van der Waals surface area (Å²) >= 11 is 3.33. The van der Waals surface area contributed by atoms with Crippen LogP contribution >= 0.6 is 15.9 Å². The van der Waals surface area contributed by atoms with Gasteiger partial charge in [-0.1, -0.05) is 28.9 Å². The zero-order valence-corrected chi connectivity index (χ0v) is 14.8. The Morgan fingerprint density at radius 3 is 2.83 bits per heavy atom. The average molecular weight is 390 g/mol. The van der Waals surface area contributed by atoms with Gasteiger partial charge in [0.15, 0.2) is 0 Å². The van der Waals surface area contributed by atoms with Gasteiger partial charge in [0.25, 0.3) is 0 Å². The number of anilines is 1. The molecular formula is C18H17BrFN3O. The van der Waals surface area contributed by atoms with Crippen molar-refractivity contribution in [2.45, 2.75) is 13.5 Å². The summed E-state index contributed by atoms with van der Waals surface area (Å²) < 4.78 is 14.7. The first kappa shape index (κ1) is 18.1. The summed E-state index contributed by atoms with van der Waals surface area (Å²) in [6.07, 6.45) is 0. The molecule has 0 saturated heterocycles. The van der Waals surface area contributed by atoms with Crippen molar-refractivity contribution in [3.63, 3.8) is 0 Å². The molecule has 0 fully saturated rings. The Labute approximate surface area is 149 Å². The Morgan fingerprint density at radius 1 is 1.33 bits per heavy atom. The number of nitrogens with one attached hydrogen (secondary N) is 1. The topological polar surface area (TPSA) is 56.1 Å². The number of nitrogens with zero attached hydrogens (tertiary/aromatic N) is 2. The summed E-state index contributed by atoms with van der Waals surface area (Å²) in [6, 6.07) is 13.5. The summed E-state index contributed by atoms with van der Waals surface area (Å²) in [4.78, 5) is 14.0. The molecule has 0 aliphatic carbocycles. The summed E-state index contributed by atoms with van der Waals surface area (Å²) in [7, 11) is 0. The first-order valence-corrected chi connectivity index (χ1v) is 8.27. The van der Waals surface area contributed by atoms with Gasteiger partial charge in [-0.15, -0.1) is 0 Å². The molecule has 0 atom stereocenters. The van der Waals surface area contributed by atoms with Crippen LogP contribution in [0.25, 0.3) is 0 Å². The predicted molar refractivity (Wildman–Crippen MR) is 94.8 cm³/mol. The van der Waals surface area contributed by atoms with Crippen LogP contribution < -0.4 is 5.32 Å². The third-order valence-corrected chi connectivity index (χ3v) is 3.98. The number of hydrogen-bond acceptors (Lipinski definition) is 3. The normalized spacial score (nSPS) is 10.5. The molecule has 2 aromatic carbocycles. The lowest BCUT2D eigenvalue weighted by Gasteiger charge is -2.20. The number of benzene rings is 2. The van der Waals surface area contributed by atoms with Crippen molar-refractivity contribution >= 4 is 27.5 Å². The van der Waals surface area contributed by atoms with E-state index in [1.807, 2.05) is 17.9 Å². The highest BCUT2D eigenvalue weighted by Gasteiger charge is 2.13. The van der Waals surface area contributed by atoms with E-state index >= 15 is 0 Å². The van der Waals surface area contributed by atoms with Crippen LogP contribution in [-0.2, 0) is 11.3 Å². The molecule has 0 aromatic heterocycles. The number of halogens is 2. The molecule has 0 aliphatic rings. The highest BCUT2D eigenvalue weighted by atomic mass is 79.9. The summed E-state index contributed by atoms with van der Waals surface area (Å²) in [5.41, 5.74) is 1.59. The van der Waals surface area contributed by atoms with Crippen LogP contribution in [0, 0.1) is 17.1 Å². The molecule has 0 bridgehead atoms. The van der Waals surface area contributed by atoms with Gasteiger partial charge in [-0.2, -0.15) is 5.26 Å². The van der Waals surface area contributed by atoms with Gasteiger partial charge in [-0.05, 0) is 42.9 Å². The van der Waals surface area contributed by atoms with Crippen molar-refractivity contribution in [1.29, 1.82) is 5.26 Å². The first-order chi connectivity index (χ1) is 11.5. The van der Waals surface area contributed by atoms with Gasteiger partial charge < -0.3 is 5.32 Å². The van der Waals surface area contributed by atoms with Crippen LogP contribution in [0.2, 0.25) is 0 Å². The second-order valence-electron chi connectivity index (χ2n) is 5.28. The number of amides is 1. The van der Waals surface area contributed by atoms with Crippen LogP contribution in [0.1, 0.15) is 18.1 Å². The van der Waals surface area contributed by atoms with Gasteiger partial charge in [-0.3, -0.25) is 9.69 Å². The first-order valence-electron chi connectivity index (χ1n) is 7.48. The number of rotatable bonds is 6. The zero-order chi connectivity index (χ0) is 17.5. The molecule has 0 unspecified atom stereocenters. The molecule has 0 spiro atoms. The summed E-state index contributed by atoms with van der Waals surface area (Å²) in [6.45, 7) is 3.00. The molecule has 0 saturated carbocycles. The van der Waals surface area contributed by atoms with Crippen molar-refractivity contribution < 1.29 is 9.18 Å². The van der Waals surface area contributed by atoms with E-state index in [0.717, 1.165) is 4.47 Å². The molecule has 24 heavy (non-hydrogen) atoms. The van der Waals surface area contributed by atoms with Crippen molar-refractivity contribution in [2.75, 3.05) is 18.4 Å². The summed E-state index contributed by atoms with van der Waals surface area (Å²) in [5, 5.41) is 11.6. The molecule has 1 N–H and O–H groups in total. The maximum atomic E-state index is 13.9. The Hall–Kier alpha value is -2.23. The van der Waals surface area contributed by atoms with Gasteiger partial charge in [-0.25, -0.2) is 4.39 Å². The van der Waals surface area contributed by atoms with Crippen LogP contribution in [0.4, 0.5) is 10.1 Å². The third kappa shape index (κ3) is 5.15. The molecule has 4 nitrogen and oxygen atoms in total. The monoisotopic (exact) mass is 389 g/mol. The molecule has 6 heteroatoms. The molecular weight excluding hydrogens is 373 g/mol. The largest absolute Gasteiger partial charge is 0.325 e. The Kier molecular flexibility index (Phi) is 6.47. The Balaban J connectivity index is 2.00. The maximum Gasteiger partial charge on any atom is 0.238 e. The number of hydrogen-bond donors (Lipinski definition) is 1. The number of carbonyl (C=O) groups is 1. The van der Waals surface area contributed by atoms with E-state index in [0.29, 0.717) is 29.9 Å². The molecule has 0 aliphatic heterocycles. The molecule has 124 valence electrons. The molecule has 2 aromatic rings. The van der Waals surface area contributed by atoms with Gasteiger partial charge in [0, 0.05) is 22.3 Å². The van der Waals surface area contributed by atoms with E-state index in [4.69, 9.17) is 5.26 Å². The highest BCUT2D eigenvalue weighted by molar-refractivity contribution is 9.10. The second kappa shape index (κ2) is 8.57. The Bertz CT molecular complexity index is 773. The number of likely N-dealkylation sites (N-methyl/N-ethyl adjacent to an activating group) is 1. The van der Waals surface area contributed by atoms with Crippen LogP contribution in [0.3, 0.4) is 0 Å². The van der Waals surface area contributed by atoms with Crippen molar-refractivity contribution in [1.82, 2.24) is 4.90 Å². The fraction of sp³-hybridized carbons (Fsp3) is 0.222. The zero-order valence-electron chi connectivity index (χ0n) is 13.2. The van der Waals surface area contributed by atoms with Gasteiger partial charge in [0.2, 0.25) is 5.91 Å². The van der Waals surface area contributed by atoms with Crippen LogP contribution in [0.15, 0.2) is 46.9 Å². The lowest BCUT2D eigenvalue weighted by molar-refractivity contribution is -0.117. The van der Waals surface area contributed by atoms with Crippen molar-refractivity contribution in [3.8, 4) is 6.07 Å². The fourth-order valence-electron chi connectivity index (χ4n) is 2.25. The minimum atomic E-state index is -0.293. The SMILES string of the molecule is CCN(CC(=O)Nc1cccc(C#N)c1)Cc1cc(Br)ccc1F. The molecule has 1 amide bonds. The quantitative estimate of drug-likeness (QED) is 0.814. The van der Waals surface area contributed by atoms with E-state index in [1.54, 1.807) is 36.4 Å². The minimum absolute atomic E-state index is 0.138. The minimum Gasteiger partial charge on any atom is -0.325 e. The average Bonchev–Trinajstić information content (AvgIpc) is 2.57. The summed E-state index contributed by atoms with van der Waals surface area (Å²) in [5.74, 6) is -0.499. The lowest BCUT2D eigenvalue weighted by Crippen LogP contribution is -2.33. The van der Waals surface area contributed by atoms with E-state index in [1.165, 1.54) is 6.07 Å². The van der Waals surface area contributed by atoms with Crippen LogP contribution in [-0.4, -0.2) is 23.9 Å². The maximum absolute atomic E-state index is 13.9. The van der Waals surface area contributed by atoms with Crippen molar-refractivity contribution in [3.05, 3.63) is 63.9 Å². The number of nitriles is 1. The second-order valence-corrected chi connectivity index (χ2v) is 6.20. The molecule has 2 rings (SSSR count). The Morgan fingerprint density at radius 2 is 2.12 bits per heavy atom. The van der Waals surface area contributed by atoms with E-state index in [-0.39, 0.29) is 18.3 Å². The van der Waals surface area contributed by atoms with Crippen molar-refractivity contribution in [2.24, 2.45) is 0 Å². The predicted octanol–water partition coefficient (Wildman–Crippen LogP) is 3.92. The van der Waals surface area contributed by atoms with E-state index < -0.39 is 0 Å².